The van der Waals surface area contributed by atoms with Crippen molar-refractivity contribution in [2.24, 2.45) is 0 Å². The summed E-state index contributed by atoms with van der Waals surface area (Å²) in [5, 5.41) is 0.529. The Bertz CT molecular complexity index is 1010. The van der Waals surface area contributed by atoms with Crippen LogP contribution in [0.2, 0.25) is 5.02 Å². The maximum absolute atomic E-state index is 12.7. The van der Waals surface area contributed by atoms with Crippen LogP contribution in [-0.4, -0.2) is 53.4 Å². The Morgan fingerprint density at radius 3 is 2.38 bits per heavy atom. The van der Waals surface area contributed by atoms with E-state index in [2.05, 4.69) is 14.5 Å². The van der Waals surface area contributed by atoms with E-state index in [1.807, 2.05) is 30.6 Å². The van der Waals surface area contributed by atoms with E-state index in [-0.39, 0.29) is 4.90 Å². The molecule has 0 radical (unpaired) electrons. The summed E-state index contributed by atoms with van der Waals surface area (Å²) in [5.74, 6) is 0. The van der Waals surface area contributed by atoms with Gasteiger partial charge in [-0.2, -0.15) is 4.31 Å². The zero-order valence-electron chi connectivity index (χ0n) is 14.1. The van der Waals surface area contributed by atoms with Crippen LogP contribution in [0.3, 0.4) is 0 Å². The first-order valence-corrected chi connectivity index (χ1v) is 10.2. The molecule has 6 nitrogen and oxygen atoms in total. The van der Waals surface area contributed by atoms with Crippen molar-refractivity contribution in [3.8, 4) is 0 Å². The van der Waals surface area contributed by atoms with Crippen molar-refractivity contribution in [1.29, 1.82) is 0 Å². The monoisotopic (exact) mass is 390 g/mol. The maximum Gasteiger partial charge on any atom is 0.243 e. The van der Waals surface area contributed by atoms with Gasteiger partial charge in [0.2, 0.25) is 10.0 Å². The van der Waals surface area contributed by atoms with Crippen LogP contribution in [0.5, 0.6) is 0 Å². The molecule has 0 spiro atoms. The number of hydrogen-bond acceptors (Lipinski definition) is 4. The van der Waals surface area contributed by atoms with Gasteiger partial charge in [-0.3, -0.25) is 4.90 Å². The third kappa shape index (κ3) is 3.35. The van der Waals surface area contributed by atoms with Gasteiger partial charge in [-0.1, -0.05) is 23.7 Å². The lowest BCUT2D eigenvalue weighted by Crippen LogP contribution is -2.48. The maximum atomic E-state index is 12.7. The van der Waals surface area contributed by atoms with Crippen molar-refractivity contribution in [2.75, 3.05) is 26.2 Å². The average molecular weight is 391 g/mol. The van der Waals surface area contributed by atoms with Crippen molar-refractivity contribution in [3.63, 3.8) is 0 Å². The molecule has 2 aromatic carbocycles. The van der Waals surface area contributed by atoms with E-state index in [0.29, 0.717) is 37.9 Å². The number of rotatable bonds is 4. The van der Waals surface area contributed by atoms with Crippen LogP contribution in [0.1, 0.15) is 0 Å². The Balaban J connectivity index is 1.43. The molecule has 2 heterocycles. The highest BCUT2D eigenvalue weighted by Gasteiger charge is 2.28. The Hall–Kier alpha value is -1.93. The normalized spacial score (nSPS) is 17.0. The fourth-order valence-corrected chi connectivity index (χ4v) is 4.75. The van der Waals surface area contributed by atoms with Crippen LogP contribution in [0.15, 0.2) is 59.8 Å². The van der Waals surface area contributed by atoms with Crippen LogP contribution in [0.4, 0.5) is 0 Å². The number of nitrogens with zero attached hydrogens (tertiary/aromatic N) is 4. The summed E-state index contributed by atoms with van der Waals surface area (Å²) < 4.78 is 29.1. The van der Waals surface area contributed by atoms with E-state index >= 15 is 0 Å². The predicted octanol–water partition coefficient (Wildman–Crippen LogP) is 2.65. The Labute approximate surface area is 157 Å². The molecule has 26 heavy (non-hydrogen) atoms. The van der Waals surface area contributed by atoms with Gasteiger partial charge < -0.3 is 4.57 Å². The molecule has 1 aromatic heterocycles. The molecule has 1 saturated heterocycles. The number of imidazole rings is 1. The van der Waals surface area contributed by atoms with Crippen LogP contribution in [0, 0.1) is 0 Å². The molecule has 3 aromatic rings. The lowest BCUT2D eigenvalue weighted by molar-refractivity contribution is 0.154. The third-order valence-electron chi connectivity index (χ3n) is 4.66. The molecule has 0 saturated carbocycles. The van der Waals surface area contributed by atoms with Crippen LogP contribution < -0.4 is 0 Å². The van der Waals surface area contributed by atoms with E-state index in [0.717, 1.165) is 11.0 Å². The van der Waals surface area contributed by atoms with Crippen molar-refractivity contribution < 1.29 is 8.42 Å². The van der Waals surface area contributed by atoms with Gasteiger partial charge in [-0.05, 0) is 36.4 Å². The molecule has 0 N–H and O–H groups in total. The largest absolute Gasteiger partial charge is 0.317 e. The standard InChI is InChI=1S/C18H19ClN4O2S/c19-15-5-7-16(8-6-15)26(24,25)23-11-9-21(10-12-23)14-22-13-20-17-3-1-2-4-18(17)22/h1-8,13H,9-12,14H2. The van der Waals surface area contributed by atoms with Gasteiger partial charge in [0.25, 0.3) is 0 Å². The highest BCUT2D eigenvalue weighted by molar-refractivity contribution is 7.89. The summed E-state index contributed by atoms with van der Waals surface area (Å²) in [6, 6.07) is 14.3. The minimum atomic E-state index is -3.47. The second-order valence-electron chi connectivity index (χ2n) is 6.32. The number of halogens is 1. The van der Waals surface area contributed by atoms with Gasteiger partial charge in [0.1, 0.15) is 0 Å². The molecular weight excluding hydrogens is 372 g/mol. The van der Waals surface area contributed by atoms with E-state index in [1.54, 1.807) is 28.6 Å². The smallest absolute Gasteiger partial charge is 0.243 e. The van der Waals surface area contributed by atoms with E-state index in [9.17, 15) is 8.42 Å². The van der Waals surface area contributed by atoms with E-state index in [4.69, 9.17) is 11.6 Å². The van der Waals surface area contributed by atoms with E-state index in [1.165, 1.54) is 0 Å². The van der Waals surface area contributed by atoms with Crippen LogP contribution >= 0.6 is 11.6 Å². The zero-order valence-corrected chi connectivity index (χ0v) is 15.7. The summed E-state index contributed by atoms with van der Waals surface area (Å²) in [6.07, 6.45) is 1.83. The molecule has 0 unspecified atom stereocenters. The average Bonchev–Trinajstić information content (AvgIpc) is 3.06. The molecule has 0 aliphatic carbocycles. The molecule has 136 valence electrons. The van der Waals surface area contributed by atoms with Gasteiger partial charge in [-0.15, -0.1) is 0 Å². The number of fused-ring (bicyclic) bond motifs is 1. The Kier molecular flexibility index (Phi) is 4.71. The van der Waals surface area contributed by atoms with Crippen molar-refractivity contribution in [2.45, 2.75) is 11.6 Å². The minimum absolute atomic E-state index is 0.288. The van der Waals surface area contributed by atoms with Gasteiger partial charge in [-0.25, -0.2) is 13.4 Å². The number of piperazine rings is 1. The molecule has 0 bridgehead atoms. The second-order valence-corrected chi connectivity index (χ2v) is 8.69. The third-order valence-corrected chi connectivity index (χ3v) is 6.83. The van der Waals surface area contributed by atoms with Crippen molar-refractivity contribution in [3.05, 3.63) is 59.9 Å². The predicted molar refractivity (Wildman–Crippen MR) is 102 cm³/mol. The number of para-hydroxylation sites is 2. The zero-order chi connectivity index (χ0) is 18.1. The van der Waals surface area contributed by atoms with Gasteiger partial charge in [0.05, 0.1) is 28.9 Å². The van der Waals surface area contributed by atoms with Crippen LogP contribution in [0.25, 0.3) is 11.0 Å². The van der Waals surface area contributed by atoms with Gasteiger partial charge >= 0.3 is 0 Å². The SMILES string of the molecule is O=S(=O)(c1ccc(Cl)cc1)N1CCN(Cn2cnc3ccccc32)CC1. The van der Waals surface area contributed by atoms with Crippen LogP contribution in [-0.2, 0) is 16.7 Å². The van der Waals surface area contributed by atoms with Gasteiger partial charge in [0.15, 0.2) is 0 Å². The van der Waals surface area contributed by atoms with E-state index < -0.39 is 10.0 Å². The Morgan fingerprint density at radius 1 is 0.962 bits per heavy atom. The topological polar surface area (TPSA) is 58.4 Å². The first kappa shape index (κ1) is 17.5. The quantitative estimate of drug-likeness (QED) is 0.687. The highest BCUT2D eigenvalue weighted by atomic mass is 35.5. The van der Waals surface area contributed by atoms with Crippen molar-refractivity contribution in [1.82, 2.24) is 18.8 Å². The molecule has 0 atom stereocenters. The number of sulfonamides is 1. The first-order valence-electron chi connectivity index (χ1n) is 8.42. The molecule has 4 rings (SSSR count). The summed E-state index contributed by atoms with van der Waals surface area (Å²) in [5.41, 5.74) is 2.06. The summed E-state index contributed by atoms with van der Waals surface area (Å²) in [6.45, 7) is 3.00. The molecule has 0 amide bonds. The number of aromatic nitrogens is 2. The van der Waals surface area contributed by atoms with Crippen molar-refractivity contribution >= 4 is 32.7 Å². The summed E-state index contributed by atoms with van der Waals surface area (Å²) >= 11 is 5.85. The summed E-state index contributed by atoms with van der Waals surface area (Å²) in [7, 11) is -3.47. The Morgan fingerprint density at radius 2 is 1.65 bits per heavy atom. The summed E-state index contributed by atoms with van der Waals surface area (Å²) in [4.78, 5) is 6.93. The molecular formula is C18H19ClN4O2S. The lowest BCUT2D eigenvalue weighted by atomic mass is 10.3. The highest BCUT2D eigenvalue weighted by Crippen LogP contribution is 2.20. The first-order chi connectivity index (χ1) is 12.5. The molecule has 1 aliphatic rings. The molecule has 1 fully saturated rings. The second kappa shape index (κ2) is 7.00. The number of benzene rings is 2. The fraction of sp³-hybridized carbons (Fsp3) is 0.278. The molecule has 8 heteroatoms. The fourth-order valence-electron chi connectivity index (χ4n) is 3.21. The minimum Gasteiger partial charge on any atom is -0.317 e. The van der Waals surface area contributed by atoms with Gasteiger partial charge in [0, 0.05) is 31.2 Å². The number of hydrogen-bond donors (Lipinski definition) is 0. The lowest BCUT2D eigenvalue weighted by Gasteiger charge is -2.34. The molecule has 1 aliphatic heterocycles.